The van der Waals surface area contributed by atoms with E-state index in [0.717, 1.165) is 11.9 Å². The zero-order valence-corrected chi connectivity index (χ0v) is 18.7. The third-order valence-electron chi connectivity index (χ3n) is 5.02. The van der Waals surface area contributed by atoms with Gasteiger partial charge in [0.1, 0.15) is 18.0 Å². The first-order valence-electron chi connectivity index (χ1n) is 9.99. The highest BCUT2D eigenvalue weighted by Crippen LogP contribution is 2.24. The molecule has 2 heterocycles. The van der Waals surface area contributed by atoms with Gasteiger partial charge in [-0.25, -0.2) is 26.8 Å². The molecule has 0 radical (unpaired) electrons. The van der Waals surface area contributed by atoms with Gasteiger partial charge in [0.05, 0.1) is 33.8 Å². The average molecular weight is 459 g/mol. The first-order valence-corrected chi connectivity index (χ1v) is 11.4. The van der Waals surface area contributed by atoms with Gasteiger partial charge in [-0.3, -0.25) is 0 Å². The van der Waals surface area contributed by atoms with Crippen LogP contribution in [0.4, 0.5) is 10.1 Å². The fourth-order valence-corrected chi connectivity index (χ4v) is 4.31. The summed E-state index contributed by atoms with van der Waals surface area (Å²) in [6, 6.07) is 9.44. The number of tetrazole rings is 1. The number of hydrogen-bond acceptors (Lipinski definition) is 7. The highest BCUT2D eigenvalue weighted by Gasteiger charge is 2.20. The van der Waals surface area contributed by atoms with E-state index in [4.69, 9.17) is 0 Å². The van der Waals surface area contributed by atoms with Gasteiger partial charge in [0, 0.05) is 20.6 Å². The van der Waals surface area contributed by atoms with Crippen molar-refractivity contribution in [3.63, 3.8) is 0 Å². The van der Waals surface area contributed by atoms with E-state index in [9.17, 15) is 12.8 Å². The number of nitrogens with one attached hydrogen (secondary N) is 1. The minimum absolute atomic E-state index is 0.177. The number of benzene rings is 2. The molecule has 0 aliphatic rings. The van der Waals surface area contributed by atoms with E-state index in [1.54, 1.807) is 30.3 Å². The summed E-state index contributed by atoms with van der Waals surface area (Å²) in [6.07, 6.45) is 2.29. The molecule has 10 nitrogen and oxygen atoms in total. The van der Waals surface area contributed by atoms with E-state index in [1.807, 2.05) is 11.5 Å². The van der Waals surface area contributed by atoms with Crippen LogP contribution in [0.1, 0.15) is 19.2 Å². The molecule has 0 aliphatic carbocycles. The van der Waals surface area contributed by atoms with Crippen LogP contribution in [-0.4, -0.2) is 56.6 Å². The summed E-state index contributed by atoms with van der Waals surface area (Å²) in [6.45, 7) is 2.99. The Hall–Kier alpha value is -3.38. The number of nitrogens with zero attached hydrogens (tertiary/aromatic N) is 7. The van der Waals surface area contributed by atoms with Crippen LogP contribution in [0.2, 0.25) is 0 Å². The van der Waals surface area contributed by atoms with Crippen molar-refractivity contribution in [1.82, 2.24) is 34.1 Å². The molecule has 4 aromatic rings. The van der Waals surface area contributed by atoms with E-state index in [1.165, 1.54) is 35.5 Å². The summed E-state index contributed by atoms with van der Waals surface area (Å²) in [7, 11) is -0.594. The Labute approximate surface area is 184 Å². The van der Waals surface area contributed by atoms with Gasteiger partial charge in [-0.1, -0.05) is 6.92 Å². The van der Waals surface area contributed by atoms with Crippen molar-refractivity contribution in [2.75, 3.05) is 19.4 Å². The van der Waals surface area contributed by atoms with Crippen molar-refractivity contribution in [2.24, 2.45) is 0 Å². The number of anilines is 1. The van der Waals surface area contributed by atoms with Crippen molar-refractivity contribution in [3.8, 4) is 5.69 Å². The highest BCUT2D eigenvalue weighted by atomic mass is 32.2. The fourth-order valence-electron chi connectivity index (χ4n) is 3.38. The molecule has 12 heteroatoms. The predicted molar refractivity (Wildman–Crippen MR) is 117 cm³/mol. The van der Waals surface area contributed by atoms with Crippen LogP contribution in [0, 0.1) is 5.82 Å². The minimum Gasteiger partial charge on any atom is -0.375 e. The molecule has 2 aromatic heterocycles. The number of halogens is 1. The smallest absolute Gasteiger partial charge is 0.242 e. The summed E-state index contributed by atoms with van der Waals surface area (Å²) < 4.78 is 44.0. The molecule has 0 bridgehead atoms. The van der Waals surface area contributed by atoms with Crippen LogP contribution in [0.25, 0.3) is 16.7 Å². The van der Waals surface area contributed by atoms with Crippen molar-refractivity contribution < 1.29 is 12.8 Å². The van der Waals surface area contributed by atoms with Crippen LogP contribution in [0.15, 0.2) is 47.6 Å². The van der Waals surface area contributed by atoms with Crippen LogP contribution < -0.4 is 5.32 Å². The number of sulfonamides is 1. The van der Waals surface area contributed by atoms with Gasteiger partial charge < -0.3 is 9.88 Å². The van der Waals surface area contributed by atoms with Gasteiger partial charge >= 0.3 is 0 Å². The number of rotatable bonds is 8. The Bertz CT molecular complexity index is 1350. The van der Waals surface area contributed by atoms with E-state index in [2.05, 4.69) is 25.8 Å². The van der Waals surface area contributed by atoms with Gasteiger partial charge in [-0.15, -0.1) is 5.10 Å². The summed E-state index contributed by atoms with van der Waals surface area (Å²) in [4.78, 5) is 4.82. The monoisotopic (exact) mass is 458 g/mol. The van der Waals surface area contributed by atoms with Crippen molar-refractivity contribution in [2.45, 2.75) is 31.3 Å². The molecule has 2 aromatic carbocycles. The summed E-state index contributed by atoms with van der Waals surface area (Å²) in [5.41, 5.74) is 2.29. The summed E-state index contributed by atoms with van der Waals surface area (Å²) in [5, 5.41) is 14.1. The quantitative estimate of drug-likeness (QED) is 0.432. The molecule has 0 atom stereocenters. The maximum absolute atomic E-state index is 14.4. The topological polar surface area (TPSA) is 111 Å². The molecule has 1 N–H and O–H groups in total. The van der Waals surface area contributed by atoms with Crippen molar-refractivity contribution in [3.05, 3.63) is 54.4 Å². The lowest BCUT2D eigenvalue weighted by molar-refractivity contribution is 0.521. The van der Waals surface area contributed by atoms with Gasteiger partial charge in [0.25, 0.3) is 0 Å². The van der Waals surface area contributed by atoms with Crippen molar-refractivity contribution >= 4 is 26.7 Å². The predicted octanol–water partition coefficient (Wildman–Crippen LogP) is 2.42. The molecule has 0 fully saturated rings. The van der Waals surface area contributed by atoms with Crippen LogP contribution in [-0.2, 0) is 23.1 Å². The second kappa shape index (κ2) is 8.63. The first kappa shape index (κ1) is 21.8. The number of aryl methyl sites for hydroxylation is 1. The van der Waals surface area contributed by atoms with Gasteiger partial charge in [-0.05, 0) is 53.2 Å². The third kappa shape index (κ3) is 4.06. The molecular weight excluding hydrogens is 435 g/mol. The molecule has 168 valence electrons. The standard InChI is InChI=1S/C20H23FN8O2S/c1-4-9-28-19-8-6-15(32(30,31)27(2)3)11-18(19)24-20(28)12-22-17-10-14(5-7-16(17)21)29-13-23-25-26-29/h5-8,10-11,13,22H,4,9,12H2,1-3H3. The van der Waals surface area contributed by atoms with E-state index in [-0.39, 0.29) is 17.1 Å². The SMILES string of the molecule is CCCn1c(CNc2cc(-n3cnnn3)ccc2F)nc2cc(S(=O)(=O)N(C)C)ccc21. The number of fused-ring (bicyclic) bond motifs is 1. The highest BCUT2D eigenvalue weighted by molar-refractivity contribution is 7.89. The molecule has 0 saturated heterocycles. The summed E-state index contributed by atoms with van der Waals surface area (Å²) in [5.74, 6) is 0.257. The maximum Gasteiger partial charge on any atom is 0.242 e. The number of imidazole rings is 1. The molecular formula is C20H23FN8O2S. The van der Waals surface area contributed by atoms with E-state index >= 15 is 0 Å². The zero-order chi connectivity index (χ0) is 22.9. The lowest BCUT2D eigenvalue weighted by atomic mass is 10.2. The second-order valence-corrected chi connectivity index (χ2v) is 9.54. The van der Waals surface area contributed by atoms with Crippen LogP contribution in [0.3, 0.4) is 0 Å². The fraction of sp³-hybridized carbons (Fsp3) is 0.300. The Balaban J connectivity index is 1.67. The van der Waals surface area contributed by atoms with Gasteiger partial charge in [-0.2, -0.15) is 0 Å². The first-order chi connectivity index (χ1) is 15.3. The average Bonchev–Trinajstić information content (AvgIpc) is 3.41. The Kier molecular flexibility index (Phi) is 5.89. The molecule has 0 saturated carbocycles. The van der Waals surface area contributed by atoms with Crippen molar-refractivity contribution in [1.29, 1.82) is 0 Å². The van der Waals surface area contributed by atoms with E-state index < -0.39 is 15.8 Å². The number of hydrogen-bond donors (Lipinski definition) is 1. The molecule has 32 heavy (non-hydrogen) atoms. The maximum atomic E-state index is 14.4. The lowest BCUT2D eigenvalue weighted by Gasteiger charge is -2.12. The Morgan fingerprint density at radius 2 is 1.97 bits per heavy atom. The van der Waals surface area contributed by atoms with Crippen LogP contribution in [0.5, 0.6) is 0 Å². The second-order valence-electron chi connectivity index (χ2n) is 7.39. The normalized spacial score (nSPS) is 12.0. The molecule has 4 rings (SSSR count). The van der Waals surface area contributed by atoms with Gasteiger partial charge in [0.2, 0.25) is 10.0 Å². The zero-order valence-electron chi connectivity index (χ0n) is 17.9. The summed E-state index contributed by atoms with van der Waals surface area (Å²) >= 11 is 0. The molecule has 0 unspecified atom stereocenters. The Morgan fingerprint density at radius 3 is 2.66 bits per heavy atom. The third-order valence-corrected chi connectivity index (χ3v) is 6.84. The van der Waals surface area contributed by atoms with Crippen LogP contribution >= 0.6 is 0 Å². The number of aromatic nitrogens is 6. The lowest BCUT2D eigenvalue weighted by Crippen LogP contribution is -2.22. The molecule has 0 aliphatic heterocycles. The van der Waals surface area contributed by atoms with Gasteiger partial charge in [0.15, 0.2) is 0 Å². The van der Waals surface area contributed by atoms with E-state index in [0.29, 0.717) is 23.6 Å². The Morgan fingerprint density at radius 1 is 1.16 bits per heavy atom. The molecule has 0 amide bonds. The largest absolute Gasteiger partial charge is 0.375 e. The molecule has 0 spiro atoms. The minimum atomic E-state index is -3.57.